The van der Waals surface area contributed by atoms with E-state index in [9.17, 15) is 9.90 Å². The van der Waals surface area contributed by atoms with Crippen molar-refractivity contribution in [2.24, 2.45) is 29.4 Å². The van der Waals surface area contributed by atoms with Crippen molar-refractivity contribution in [1.29, 1.82) is 0 Å². The lowest BCUT2D eigenvalue weighted by Crippen LogP contribution is -2.55. The number of aliphatic hydroxyl groups excluding tert-OH is 1. The van der Waals surface area contributed by atoms with Crippen LogP contribution in [0.1, 0.15) is 96.9 Å². The standard InChI is InChI=1S/C36H75NO5Si3/c1-25(22-21-23-26(2)33(37)39)30(38)28(4)32(42-45(19,20)36(12,13)14)29(5)31(41-44(17,18)35(9,10)11)27(3)24-40-43(15,16)34(6,7)8/h21-23,25,27-32,38H,24H2,1-20H3,(H2,37,39)/b22-21+,26-23-. The fraction of sp³-hybridized carbons (Fsp3) is 0.861. The van der Waals surface area contributed by atoms with Gasteiger partial charge in [-0.25, -0.2) is 0 Å². The Morgan fingerprint density at radius 3 is 1.51 bits per heavy atom. The molecule has 0 rings (SSSR count). The highest BCUT2D eigenvalue weighted by Crippen LogP contribution is 2.44. The smallest absolute Gasteiger partial charge is 0.244 e. The Balaban J connectivity index is 6.86. The minimum Gasteiger partial charge on any atom is -0.416 e. The van der Waals surface area contributed by atoms with Gasteiger partial charge in [0, 0.05) is 35.9 Å². The van der Waals surface area contributed by atoms with Gasteiger partial charge in [-0.1, -0.05) is 108 Å². The summed E-state index contributed by atoms with van der Waals surface area (Å²) in [6, 6.07) is 0. The van der Waals surface area contributed by atoms with Gasteiger partial charge in [0.2, 0.25) is 5.91 Å². The quantitative estimate of drug-likeness (QED) is 0.0959. The van der Waals surface area contributed by atoms with Crippen LogP contribution in [0, 0.1) is 23.7 Å². The molecule has 7 unspecified atom stereocenters. The first-order chi connectivity index (χ1) is 19.8. The zero-order chi connectivity index (χ0) is 36.1. The molecule has 0 saturated carbocycles. The normalized spacial score (nSPS) is 19.6. The van der Waals surface area contributed by atoms with Crippen molar-refractivity contribution in [3.63, 3.8) is 0 Å². The first-order valence-corrected chi connectivity index (χ1v) is 25.9. The first kappa shape index (κ1) is 44.4. The third kappa shape index (κ3) is 12.8. The molecule has 0 spiro atoms. The van der Waals surface area contributed by atoms with Crippen LogP contribution >= 0.6 is 0 Å². The minimum absolute atomic E-state index is 0.00379. The molecule has 0 aliphatic rings. The molecule has 1 amide bonds. The fourth-order valence-electron chi connectivity index (χ4n) is 4.55. The molecule has 7 atom stereocenters. The Labute approximate surface area is 282 Å². The predicted octanol–water partition coefficient (Wildman–Crippen LogP) is 9.68. The van der Waals surface area contributed by atoms with E-state index in [2.05, 4.69) is 122 Å². The Morgan fingerprint density at radius 2 is 1.13 bits per heavy atom. The second-order valence-corrected chi connectivity index (χ2v) is 32.7. The van der Waals surface area contributed by atoms with Crippen molar-refractivity contribution in [3.05, 3.63) is 23.8 Å². The van der Waals surface area contributed by atoms with E-state index in [1.165, 1.54) is 0 Å². The maximum absolute atomic E-state index is 11.8. The number of aliphatic hydroxyl groups is 1. The highest BCUT2D eigenvalue weighted by molar-refractivity contribution is 6.75. The maximum Gasteiger partial charge on any atom is 0.244 e. The van der Waals surface area contributed by atoms with E-state index >= 15 is 0 Å². The van der Waals surface area contributed by atoms with E-state index in [1.54, 1.807) is 13.0 Å². The molecule has 0 aliphatic heterocycles. The highest BCUT2D eigenvalue weighted by Gasteiger charge is 2.48. The molecule has 45 heavy (non-hydrogen) atoms. The molecule has 0 aliphatic carbocycles. The van der Waals surface area contributed by atoms with Crippen molar-refractivity contribution in [2.75, 3.05) is 6.61 Å². The molecule has 266 valence electrons. The number of carbonyl (C=O) groups is 1. The first-order valence-electron chi connectivity index (χ1n) is 17.1. The highest BCUT2D eigenvalue weighted by atomic mass is 28.4. The lowest BCUT2D eigenvalue weighted by atomic mass is 9.80. The predicted molar refractivity (Wildman–Crippen MR) is 202 cm³/mol. The molecule has 0 heterocycles. The van der Waals surface area contributed by atoms with Crippen molar-refractivity contribution >= 4 is 30.9 Å². The van der Waals surface area contributed by atoms with Crippen LogP contribution < -0.4 is 5.73 Å². The Bertz CT molecular complexity index is 1000. The van der Waals surface area contributed by atoms with Crippen LogP contribution in [-0.4, -0.2) is 60.9 Å². The van der Waals surface area contributed by atoms with Crippen molar-refractivity contribution in [3.8, 4) is 0 Å². The summed E-state index contributed by atoms with van der Waals surface area (Å²) >= 11 is 0. The summed E-state index contributed by atoms with van der Waals surface area (Å²) in [5.41, 5.74) is 5.88. The Morgan fingerprint density at radius 1 is 0.733 bits per heavy atom. The SMILES string of the molecule is C/C(=C/C=C/C(C)C(O)C(C)C(O[Si](C)(C)C(C)(C)C)C(C)C(O[Si](C)(C)C(C)(C)C)C(C)CO[Si](C)(C)C(C)(C)C)C(N)=O. The van der Waals surface area contributed by atoms with Crippen LogP contribution in [0.3, 0.4) is 0 Å². The van der Waals surface area contributed by atoms with Crippen molar-refractivity contribution in [1.82, 2.24) is 0 Å². The molecule has 0 fully saturated rings. The summed E-state index contributed by atoms with van der Waals surface area (Å²) in [5, 5.41) is 12.0. The zero-order valence-electron chi connectivity index (χ0n) is 33.1. The lowest BCUT2D eigenvalue weighted by molar-refractivity contribution is -0.114. The molecule has 0 saturated heterocycles. The number of hydrogen-bond acceptors (Lipinski definition) is 5. The Hall–Kier alpha value is -0.559. The van der Waals surface area contributed by atoms with Gasteiger partial charge < -0.3 is 24.1 Å². The molecule has 6 nitrogen and oxygen atoms in total. The summed E-state index contributed by atoms with van der Waals surface area (Å²) in [4.78, 5) is 11.5. The number of rotatable bonds is 16. The number of nitrogens with two attached hydrogens (primary N) is 1. The lowest BCUT2D eigenvalue weighted by Gasteiger charge is -2.49. The maximum atomic E-state index is 11.8. The topological polar surface area (TPSA) is 91.0 Å². The molecular formula is C36H75NO5Si3. The molecule has 0 aromatic heterocycles. The monoisotopic (exact) mass is 685 g/mol. The van der Waals surface area contributed by atoms with Crippen molar-refractivity contribution < 1.29 is 23.2 Å². The van der Waals surface area contributed by atoms with Crippen LogP contribution in [0.4, 0.5) is 0 Å². The average molecular weight is 686 g/mol. The molecule has 0 aromatic carbocycles. The van der Waals surface area contributed by atoms with Crippen LogP contribution in [0.2, 0.25) is 54.4 Å². The van der Waals surface area contributed by atoms with Crippen LogP contribution in [0.15, 0.2) is 23.8 Å². The van der Waals surface area contributed by atoms with Gasteiger partial charge in [0.25, 0.3) is 0 Å². The molecule has 3 N–H and O–H groups in total. The second-order valence-electron chi connectivity index (χ2n) is 18.4. The van der Waals surface area contributed by atoms with E-state index < -0.39 is 37.0 Å². The van der Waals surface area contributed by atoms with Gasteiger partial charge in [0.1, 0.15) is 0 Å². The number of primary amides is 1. The third-order valence-corrected chi connectivity index (χ3v) is 24.8. The fourth-order valence-corrected chi connectivity index (χ4v) is 8.61. The van der Waals surface area contributed by atoms with Gasteiger partial charge in [-0.15, -0.1) is 0 Å². The molecule has 9 heteroatoms. The number of amides is 1. The molecular weight excluding hydrogens is 611 g/mol. The largest absolute Gasteiger partial charge is 0.416 e. The minimum atomic E-state index is -2.23. The van der Waals surface area contributed by atoms with Crippen LogP contribution in [-0.2, 0) is 18.1 Å². The van der Waals surface area contributed by atoms with E-state index in [0.717, 1.165) is 0 Å². The third-order valence-electron chi connectivity index (χ3n) is 11.3. The summed E-state index contributed by atoms with van der Waals surface area (Å²) in [6.45, 7) is 45.3. The van der Waals surface area contributed by atoms with E-state index in [4.69, 9.17) is 19.0 Å². The van der Waals surface area contributed by atoms with E-state index in [-0.39, 0.29) is 51.0 Å². The Kier molecular flexibility index (Phi) is 16.0. The van der Waals surface area contributed by atoms with Gasteiger partial charge >= 0.3 is 0 Å². The molecule has 0 aromatic rings. The van der Waals surface area contributed by atoms with Gasteiger partial charge in [-0.3, -0.25) is 4.79 Å². The number of carbonyl (C=O) groups excluding carboxylic acids is 1. The van der Waals surface area contributed by atoms with Gasteiger partial charge in [0.15, 0.2) is 25.0 Å². The van der Waals surface area contributed by atoms with Gasteiger partial charge in [-0.05, 0) is 61.3 Å². The summed E-state index contributed by atoms with van der Waals surface area (Å²) < 4.78 is 21.4. The second kappa shape index (κ2) is 16.2. The summed E-state index contributed by atoms with van der Waals surface area (Å²) in [6.07, 6.45) is 4.47. The van der Waals surface area contributed by atoms with Gasteiger partial charge in [0.05, 0.1) is 18.3 Å². The van der Waals surface area contributed by atoms with E-state index in [0.29, 0.717) is 12.2 Å². The van der Waals surface area contributed by atoms with Crippen LogP contribution in [0.25, 0.3) is 0 Å². The van der Waals surface area contributed by atoms with Crippen LogP contribution in [0.5, 0.6) is 0 Å². The number of hydrogen-bond donors (Lipinski definition) is 2. The summed E-state index contributed by atoms with van der Waals surface area (Å²) in [5.74, 6) is -0.637. The van der Waals surface area contributed by atoms with E-state index in [1.807, 2.05) is 19.1 Å². The summed E-state index contributed by atoms with van der Waals surface area (Å²) in [7, 11) is -6.38. The van der Waals surface area contributed by atoms with Crippen molar-refractivity contribution in [2.45, 2.75) is 170 Å². The molecule has 0 bridgehead atoms. The number of allylic oxidation sites excluding steroid dienone is 2. The average Bonchev–Trinajstić information content (AvgIpc) is 2.85. The van der Waals surface area contributed by atoms with Gasteiger partial charge in [-0.2, -0.15) is 0 Å². The molecule has 0 radical (unpaired) electrons. The zero-order valence-corrected chi connectivity index (χ0v) is 36.1.